The molecule has 1 aliphatic rings. The molecule has 9 heteroatoms. The van der Waals surface area contributed by atoms with Crippen LogP contribution in [0.25, 0.3) is 16.9 Å². The van der Waals surface area contributed by atoms with Crippen molar-refractivity contribution in [1.82, 2.24) is 20.0 Å². The van der Waals surface area contributed by atoms with Crippen molar-refractivity contribution in [2.75, 3.05) is 51.8 Å². The van der Waals surface area contributed by atoms with Crippen LogP contribution in [0, 0.1) is 0 Å². The van der Waals surface area contributed by atoms with E-state index in [9.17, 15) is 9.59 Å². The molecule has 0 atom stereocenters. The van der Waals surface area contributed by atoms with Crippen molar-refractivity contribution in [3.8, 4) is 22.7 Å². The van der Waals surface area contributed by atoms with Crippen LogP contribution in [-0.4, -0.2) is 73.0 Å². The standard InChI is InChI=1S/C26H31N5O4/c1-34-22-9-7-21(8-10-22)31-24(19-23(29-31)20-5-3-2-4-6-20)28-26(33)12-11-25(32)27-13-14-30-15-17-35-18-16-30/h2-10,19H,11-18H2,1H3,(H,27,32)(H,28,33). The maximum atomic E-state index is 12.7. The third-order valence-electron chi connectivity index (χ3n) is 5.80. The molecule has 184 valence electrons. The van der Waals surface area contributed by atoms with Gasteiger partial charge in [0.15, 0.2) is 0 Å². The van der Waals surface area contributed by atoms with Crippen molar-refractivity contribution in [2.45, 2.75) is 12.8 Å². The van der Waals surface area contributed by atoms with Crippen LogP contribution < -0.4 is 15.4 Å². The molecule has 9 nitrogen and oxygen atoms in total. The van der Waals surface area contributed by atoms with Crippen LogP contribution in [0.2, 0.25) is 0 Å². The van der Waals surface area contributed by atoms with Crippen LogP contribution in [-0.2, 0) is 14.3 Å². The lowest BCUT2D eigenvalue weighted by Crippen LogP contribution is -2.41. The molecule has 2 N–H and O–H groups in total. The van der Waals surface area contributed by atoms with Gasteiger partial charge >= 0.3 is 0 Å². The number of amides is 2. The molecule has 1 saturated heterocycles. The molecule has 35 heavy (non-hydrogen) atoms. The minimum absolute atomic E-state index is 0.0812. The summed E-state index contributed by atoms with van der Waals surface area (Å²) in [6.07, 6.45) is 0.203. The van der Waals surface area contributed by atoms with Gasteiger partial charge in [0.25, 0.3) is 0 Å². The number of benzene rings is 2. The molecule has 2 aromatic carbocycles. The zero-order chi connectivity index (χ0) is 24.5. The number of methoxy groups -OCH3 is 1. The number of ether oxygens (including phenoxy) is 2. The Morgan fingerprint density at radius 3 is 2.43 bits per heavy atom. The highest BCUT2D eigenvalue weighted by atomic mass is 16.5. The van der Waals surface area contributed by atoms with Gasteiger partial charge in [-0.3, -0.25) is 14.5 Å². The van der Waals surface area contributed by atoms with Crippen molar-refractivity contribution in [3.63, 3.8) is 0 Å². The van der Waals surface area contributed by atoms with Gasteiger partial charge in [0.2, 0.25) is 11.8 Å². The molecule has 4 rings (SSSR count). The first-order valence-corrected chi connectivity index (χ1v) is 11.8. The fourth-order valence-electron chi connectivity index (χ4n) is 3.84. The second kappa shape index (κ2) is 12.1. The van der Waals surface area contributed by atoms with Gasteiger partial charge < -0.3 is 20.1 Å². The first kappa shape index (κ1) is 24.4. The maximum Gasteiger partial charge on any atom is 0.226 e. The Kier molecular flexibility index (Phi) is 8.48. The van der Waals surface area contributed by atoms with Crippen molar-refractivity contribution < 1.29 is 19.1 Å². The summed E-state index contributed by atoms with van der Waals surface area (Å²) in [6, 6.07) is 19.0. The monoisotopic (exact) mass is 477 g/mol. The smallest absolute Gasteiger partial charge is 0.226 e. The number of carbonyl (C=O) groups excluding carboxylic acids is 2. The molecule has 1 aliphatic heterocycles. The molecular formula is C26H31N5O4. The Morgan fingerprint density at radius 2 is 1.71 bits per heavy atom. The first-order valence-electron chi connectivity index (χ1n) is 11.8. The Labute approximate surface area is 205 Å². The molecule has 1 fully saturated rings. The Balaban J connectivity index is 1.37. The van der Waals surface area contributed by atoms with Gasteiger partial charge in [-0.2, -0.15) is 5.10 Å². The number of morpholine rings is 1. The minimum atomic E-state index is -0.248. The van der Waals surface area contributed by atoms with Gasteiger partial charge in [-0.25, -0.2) is 4.68 Å². The van der Waals surface area contributed by atoms with E-state index in [4.69, 9.17) is 14.6 Å². The van der Waals surface area contributed by atoms with Crippen LogP contribution in [0.3, 0.4) is 0 Å². The van der Waals surface area contributed by atoms with Crippen molar-refractivity contribution in [1.29, 1.82) is 0 Å². The number of hydrogen-bond donors (Lipinski definition) is 2. The minimum Gasteiger partial charge on any atom is -0.497 e. The lowest BCUT2D eigenvalue weighted by Gasteiger charge is -2.26. The molecule has 2 heterocycles. The van der Waals surface area contributed by atoms with Gasteiger partial charge in [0, 0.05) is 50.7 Å². The zero-order valence-electron chi connectivity index (χ0n) is 19.9. The molecule has 0 bridgehead atoms. The van der Waals surface area contributed by atoms with E-state index in [0.717, 1.165) is 55.5 Å². The molecule has 2 amide bonds. The number of rotatable bonds is 10. The molecule has 1 aromatic heterocycles. The second-order valence-corrected chi connectivity index (χ2v) is 8.24. The highest BCUT2D eigenvalue weighted by Gasteiger charge is 2.15. The summed E-state index contributed by atoms with van der Waals surface area (Å²) in [6.45, 7) is 4.56. The van der Waals surface area contributed by atoms with E-state index in [1.54, 1.807) is 11.8 Å². The fourth-order valence-corrected chi connectivity index (χ4v) is 3.84. The summed E-state index contributed by atoms with van der Waals surface area (Å²) in [5.41, 5.74) is 2.46. The van der Waals surface area contributed by atoms with E-state index in [1.165, 1.54) is 0 Å². The average Bonchev–Trinajstić information content (AvgIpc) is 3.32. The predicted molar refractivity (Wildman–Crippen MR) is 134 cm³/mol. The molecule has 0 aliphatic carbocycles. The lowest BCUT2D eigenvalue weighted by atomic mass is 10.1. The van der Waals surface area contributed by atoms with Gasteiger partial charge in [-0.1, -0.05) is 30.3 Å². The summed E-state index contributed by atoms with van der Waals surface area (Å²) >= 11 is 0. The number of nitrogens with one attached hydrogen (secondary N) is 2. The number of aromatic nitrogens is 2. The number of anilines is 1. The lowest BCUT2D eigenvalue weighted by molar-refractivity contribution is -0.124. The second-order valence-electron chi connectivity index (χ2n) is 8.24. The van der Waals surface area contributed by atoms with E-state index < -0.39 is 0 Å². The Hall–Kier alpha value is -3.69. The van der Waals surface area contributed by atoms with Gasteiger partial charge in [0.05, 0.1) is 31.7 Å². The fraction of sp³-hybridized carbons (Fsp3) is 0.346. The summed E-state index contributed by atoms with van der Waals surface area (Å²) < 4.78 is 12.3. The first-order chi connectivity index (χ1) is 17.1. The van der Waals surface area contributed by atoms with Crippen molar-refractivity contribution >= 4 is 17.6 Å². The number of carbonyl (C=O) groups is 2. The molecule has 0 saturated carbocycles. The van der Waals surface area contributed by atoms with Gasteiger partial charge in [-0.15, -0.1) is 0 Å². The highest BCUT2D eigenvalue weighted by molar-refractivity contribution is 5.93. The molecule has 0 radical (unpaired) electrons. The van der Waals surface area contributed by atoms with E-state index in [0.29, 0.717) is 12.4 Å². The van der Waals surface area contributed by atoms with Crippen LogP contribution in [0.4, 0.5) is 5.82 Å². The van der Waals surface area contributed by atoms with Crippen LogP contribution in [0.5, 0.6) is 5.75 Å². The van der Waals surface area contributed by atoms with E-state index >= 15 is 0 Å². The van der Waals surface area contributed by atoms with Crippen LogP contribution in [0.15, 0.2) is 60.7 Å². The Morgan fingerprint density at radius 1 is 1.00 bits per heavy atom. The zero-order valence-corrected chi connectivity index (χ0v) is 19.9. The predicted octanol–water partition coefficient (Wildman–Crippen LogP) is 2.71. The van der Waals surface area contributed by atoms with Gasteiger partial charge in [0.1, 0.15) is 11.6 Å². The summed E-state index contributed by atoms with van der Waals surface area (Å²) in [5, 5.41) is 10.5. The third-order valence-corrected chi connectivity index (χ3v) is 5.80. The summed E-state index contributed by atoms with van der Waals surface area (Å²) in [5.74, 6) is 0.880. The summed E-state index contributed by atoms with van der Waals surface area (Å²) in [4.78, 5) is 27.2. The van der Waals surface area contributed by atoms with Crippen molar-refractivity contribution in [2.24, 2.45) is 0 Å². The topological polar surface area (TPSA) is 97.7 Å². The van der Waals surface area contributed by atoms with E-state index in [-0.39, 0.29) is 24.7 Å². The van der Waals surface area contributed by atoms with Crippen molar-refractivity contribution in [3.05, 3.63) is 60.7 Å². The Bertz CT molecular complexity index is 1110. The van der Waals surface area contributed by atoms with E-state index in [1.807, 2.05) is 60.7 Å². The van der Waals surface area contributed by atoms with Crippen LogP contribution in [0.1, 0.15) is 12.8 Å². The molecule has 0 unspecified atom stereocenters. The SMILES string of the molecule is COc1ccc(-n2nc(-c3ccccc3)cc2NC(=O)CCC(=O)NCCN2CCOCC2)cc1. The number of nitrogens with zero attached hydrogens (tertiary/aromatic N) is 3. The number of hydrogen-bond acceptors (Lipinski definition) is 6. The maximum absolute atomic E-state index is 12.7. The largest absolute Gasteiger partial charge is 0.497 e. The van der Waals surface area contributed by atoms with Gasteiger partial charge in [-0.05, 0) is 24.3 Å². The normalized spacial score (nSPS) is 13.9. The molecule has 0 spiro atoms. The highest BCUT2D eigenvalue weighted by Crippen LogP contribution is 2.26. The quantitative estimate of drug-likeness (QED) is 0.466. The summed E-state index contributed by atoms with van der Waals surface area (Å²) in [7, 11) is 1.61. The van der Waals surface area contributed by atoms with Crippen LogP contribution >= 0.6 is 0 Å². The average molecular weight is 478 g/mol. The van der Waals surface area contributed by atoms with E-state index in [2.05, 4.69) is 15.5 Å². The molecular weight excluding hydrogens is 446 g/mol. The third kappa shape index (κ3) is 6.91. The molecule has 3 aromatic rings.